The highest BCUT2D eigenvalue weighted by Crippen LogP contribution is 2.23. The minimum absolute atomic E-state index is 0.166. The smallest absolute Gasteiger partial charge is 0.123 e. The van der Waals surface area contributed by atoms with Gasteiger partial charge in [-0.25, -0.2) is 4.39 Å². The Hall–Kier alpha value is -1.44. The summed E-state index contributed by atoms with van der Waals surface area (Å²) >= 11 is 0. The number of hydrogen-bond donors (Lipinski definition) is 0. The van der Waals surface area contributed by atoms with Gasteiger partial charge in [0.1, 0.15) is 5.82 Å². The summed E-state index contributed by atoms with van der Waals surface area (Å²) in [6, 6.07) is 6.83. The Kier molecular flexibility index (Phi) is 4.08. The second-order valence-electron chi connectivity index (χ2n) is 4.41. The first-order valence-electron chi connectivity index (χ1n) is 6.29. The van der Waals surface area contributed by atoms with Crippen molar-refractivity contribution >= 4 is 11.3 Å². The first kappa shape index (κ1) is 12.0. The van der Waals surface area contributed by atoms with Gasteiger partial charge < -0.3 is 0 Å². The van der Waals surface area contributed by atoms with Crippen molar-refractivity contribution < 1.29 is 4.39 Å². The Bertz CT molecular complexity index is 446. The number of unbranched alkanes of at least 4 members (excludes halogenated alkanes) is 1. The molecule has 0 spiro atoms. The van der Waals surface area contributed by atoms with Crippen molar-refractivity contribution in [1.82, 2.24) is 0 Å². The third-order valence-electron chi connectivity index (χ3n) is 3.02. The minimum Gasteiger partial charge on any atom is -0.289 e. The second-order valence-corrected chi connectivity index (χ2v) is 4.41. The number of dihydropyridines is 1. The van der Waals surface area contributed by atoms with E-state index >= 15 is 0 Å². The van der Waals surface area contributed by atoms with Crippen LogP contribution >= 0.6 is 0 Å². The number of halogens is 1. The van der Waals surface area contributed by atoms with E-state index in [2.05, 4.69) is 18.0 Å². The number of rotatable bonds is 4. The molecule has 90 valence electrons. The Morgan fingerprint density at radius 1 is 1.35 bits per heavy atom. The van der Waals surface area contributed by atoms with E-state index in [1.807, 2.05) is 6.07 Å². The molecule has 1 aliphatic rings. The topological polar surface area (TPSA) is 12.4 Å². The molecule has 2 heteroatoms. The van der Waals surface area contributed by atoms with E-state index in [1.165, 1.54) is 24.5 Å². The number of hydrogen-bond acceptors (Lipinski definition) is 1. The van der Waals surface area contributed by atoms with Crippen LogP contribution in [0.2, 0.25) is 0 Å². The maximum atomic E-state index is 13.2. The SMILES string of the molecule is CCCCC1=NCCC(c2cccc(F)c2)=C1. The molecular weight excluding hydrogens is 213 g/mol. The maximum Gasteiger partial charge on any atom is 0.123 e. The van der Waals surface area contributed by atoms with Crippen molar-refractivity contribution in [2.75, 3.05) is 6.54 Å². The van der Waals surface area contributed by atoms with Crippen molar-refractivity contribution in [3.05, 3.63) is 41.7 Å². The number of allylic oxidation sites excluding steroid dienone is 1. The summed E-state index contributed by atoms with van der Waals surface area (Å²) in [5.74, 6) is -0.166. The zero-order valence-electron chi connectivity index (χ0n) is 10.2. The molecule has 0 aliphatic carbocycles. The van der Waals surface area contributed by atoms with Crippen molar-refractivity contribution in [3.8, 4) is 0 Å². The highest BCUT2D eigenvalue weighted by molar-refractivity contribution is 6.02. The zero-order valence-corrected chi connectivity index (χ0v) is 10.2. The molecule has 1 nitrogen and oxygen atoms in total. The zero-order chi connectivity index (χ0) is 12.1. The molecule has 0 fully saturated rings. The Labute approximate surface area is 102 Å². The fourth-order valence-corrected chi connectivity index (χ4v) is 2.06. The predicted octanol–water partition coefficient (Wildman–Crippen LogP) is 4.24. The van der Waals surface area contributed by atoms with Gasteiger partial charge in [-0.2, -0.15) is 0 Å². The Morgan fingerprint density at radius 2 is 2.24 bits per heavy atom. The summed E-state index contributed by atoms with van der Waals surface area (Å²) in [5, 5.41) is 0. The van der Waals surface area contributed by atoms with Crippen molar-refractivity contribution in [1.29, 1.82) is 0 Å². The van der Waals surface area contributed by atoms with Crippen molar-refractivity contribution in [2.45, 2.75) is 32.6 Å². The van der Waals surface area contributed by atoms with Crippen LogP contribution in [0.4, 0.5) is 4.39 Å². The molecule has 0 saturated carbocycles. The molecule has 2 rings (SSSR count). The minimum atomic E-state index is -0.166. The fraction of sp³-hybridized carbons (Fsp3) is 0.400. The van der Waals surface area contributed by atoms with E-state index in [1.54, 1.807) is 12.1 Å². The van der Waals surface area contributed by atoms with Crippen LogP contribution in [0.15, 0.2) is 35.3 Å². The summed E-state index contributed by atoms with van der Waals surface area (Å²) in [6.45, 7) is 3.02. The molecule has 17 heavy (non-hydrogen) atoms. The van der Waals surface area contributed by atoms with Gasteiger partial charge in [0.15, 0.2) is 0 Å². The molecule has 0 bridgehead atoms. The van der Waals surface area contributed by atoms with Crippen LogP contribution in [0.25, 0.3) is 5.57 Å². The van der Waals surface area contributed by atoms with E-state index in [9.17, 15) is 4.39 Å². The van der Waals surface area contributed by atoms with Gasteiger partial charge in [-0.05, 0) is 48.6 Å². The monoisotopic (exact) mass is 231 g/mol. The molecule has 0 aromatic heterocycles. The fourth-order valence-electron chi connectivity index (χ4n) is 2.06. The molecule has 1 aromatic rings. The first-order chi connectivity index (χ1) is 8.29. The summed E-state index contributed by atoms with van der Waals surface area (Å²) < 4.78 is 13.2. The van der Waals surface area contributed by atoms with Gasteiger partial charge in [-0.3, -0.25) is 4.99 Å². The molecule has 1 aromatic carbocycles. The first-order valence-corrected chi connectivity index (χ1v) is 6.29. The van der Waals surface area contributed by atoms with Crippen LogP contribution in [-0.4, -0.2) is 12.3 Å². The standard InChI is InChI=1S/C15H18FN/c1-2-3-7-15-11-13(8-9-17-15)12-5-4-6-14(16)10-12/h4-6,10-11H,2-3,7-9H2,1H3. The Balaban J connectivity index is 2.16. The van der Waals surface area contributed by atoms with Gasteiger partial charge in [0.25, 0.3) is 0 Å². The summed E-state index contributed by atoms with van der Waals surface area (Å²) in [6.07, 6.45) is 6.44. The van der Waals surface area contributed by atoms with E-state index in [-0.39, 0.29) is 5.82 Å². The lowest BCUT2D eigenvalue weighted by molar-refractivity contribution is 0.627. The van der Waals surface area contributed by atoms with Gasteiger partial charge in [0, 0.05) is 12.3 Å². The van der Waals surface area contributed by atoms with Crippen LogP contribution in [0.3, 0.4) is 0 Å². The molecule has 1 heterocycles. The van der Waals surface area contributed by atoms with Gasteiger partial charge in [0.2, 0.25) is 0 Å². The molecule has 1 aliphatic heterocycles. The highest BCUT2D eigenvalue weighted by atomic mass is 19.1. The van der Waals surface area contributed by atoms with Gasteiger partial charge in [0.05, 0.1) is 0 Å². The lowest BCUT2D eigenvalue weighted by Gasteiger charge is -2.13. The van der Waals surface area contributed by atoms with E-state index in [0.717, 1.165) is 30.7 Å². The average Bonchev–Trinajstić information content (AvgIpc) is 2.37. The molecule has 0 unspecified atom stereocenters. The molecule has 0 radical (unpaired) electrons. The van der Waals surface area contributed by atoms with Gasteiger partial charge in [-0.1, -0.05) is 25.5 Å². The number of benzene rings is 1. The molecular formula is C15H18FN. The molecule has 0 amide bonds. The second kappa shape index (κ2) is 5.76. The highest BCUT2D eigenvalue weighted by Gasteiger charge is 2.09. The summed E-state index contributed by atoms with van der Waals surface area (Å²) in [7, 11) is 0. The van der Waals surface area contributed by atoms with Gasteiger partial charge >= 0.3 is 0 Å². The van der Waals surface area contributed by atoms with E-state index in [4.69, 9.17) is 0 Å². The third kappa shape index (κ3) is 3.26. The largest absolute Gasteiger partial charge is 0.289 e. The van der Waals surface area contributed by atoms with Crippen LogP contribution in [-0.2, 0) is 0 Å². The molecule has 0 atom stereocenters. The normalized spacial score (nSPS) is 15.4. The van der Waals surface area contributed by atoms with Crippen molar-refractivity contribution in [3.63, 3.8) is 0 Å². The van der Waals surface area contributed by atoms with Crippen LogP contribution < -0.4 is 0 Å². The lowest BCUT2D eigenvalue weighted by Crippen LogP contribution is -2.04. The Morgan fingerprint density at radius 3 is 3.00 bits per heavy atom. The maximum absolute atomic E-state index is 13.2. The summed E-state index contributed by atoms with van der Waals surface area (Å²) in [5.41, 5.74) is 3.37. The molecule has 0 N–H and O–H groups in total. The number of aliphatic imine (C=N–C) groups is 1. The third-order valence-corrected chi connectivity index (χ3v) is 3.02. The van der Waals surface area contributed by atoms with Gasteiger partial charge in [-0.15, -0.1) is 0 Å². The predicted molar refractivity (Wildman–Crippen MR) is 70.8 cm³/mol. The van der Waals surface area contributed by atoms with Crippen LogP contribution in [0.5, 0.6) is 0 Å². The molecule has 0 saturated heterocycles. The lowest BCUT2D eigenvalue weighted by atomic mass is 9.97. The van der Waals surface area contributed by atoms with Crippen molar-refractivity contribution in [2.24, 2.45) is 4.99 Å². The van der Waals surface area contributed by atoms with E-state index < -0.39 is 0 Å². The quantitative estimate of drug-likeness (QED) is 0.734. The van der Waals surface area contributed by atoms with Crippen LogP contribution in [0, 0.1) is 5.82 Å². The summed E-state index contributed by atoms with van der Waals surface area (Å²) in [4.78, 5) is 4.51. The van der Waals surface area contributed by atoms with Crippen LogP contribution in [0.1, 0.15) is 38.2 Å². The van der Waals surface area contributed by atoms with E-state index in [0.29, 0.717) is 0 Å². The number of nitrogens with zero attached hydrogens (tertiary/aromatic N) is 1. The average molecular weight is 231 g/mol.